The number of fused-ring (bicyclic) bond motifs is 1. The van der Waals surface area contributed by atoms with Crippen molar-refractivity contribution in [2.45, 2.75) is 38.4 Å². The Hall–Kier alpha value is -1.60. The third-order valence-electron chi connectivity index (χ3n) is 5.19. The van der Waals surface area contributed by atoms with Gasteiger partial charge < -0.3 is 19.9 Å². The maximum Gasteiger partial charge on any atom is 0.317 e. The van der Waals surface area contributed by atoms with Crippen LogP contribution in [0.5, 0.6) is 0 Å². The number of aromatic nitrogens is 2. The average Bonchev–Trinajstić information content (AvgIpc) is 3.05. The largest absolute Gasteiger partial charge is 0.383 e. The Morgan fingerprint density at radius 1 is 1.42 bits per heavy atom. The van der Waals surface area contributed by atoms with Crippen molar-refractivity contribution in [2.24, 2.45) is 5.92 Å². The summed E-state index contributed by atoms with van der Waals surface area (Å²) in [6.07, 6.45) is 7.21. The van der Waals surface area contributed by atoms with Crippen LogP contribution in [0.4, 0.5) is 4.79 Å². The van der Waals surface area contributed by atoms with Crippen molar-refractivity contribution in [3.63, 3.8) is 0 Å². The molecule has 0 unspecified atom stereocenters. The summed E-state index contributed by atoms with van der Waals surface area (Å²) in [5.74, 6) is 0.625. The van der Waals surface area contributed by atoms with Crippen molar-refractivity contribution in [3.8, 4) is 0 Å². The highest BCUT2D eigenvalue weighted by Crippen LogP contribution is 2.30. The summed E-state index contributed by atoms with van der Waals surface area (Å²) >= 11 is 0. The average molecular weight is 335 g/mol. The Balaban J connectivity index is 1.51. The molecular formula is C17H29N5O2. The number of urea groups is 1. The predicted molar refractivity (Wildman–Crippen MR) is 91.7 cm³/mol. The number of ether oxygens (including phenoxy) is 1. The number of likely N-dealkylation sites (tertiary alicyclic amines) is 2. The van der Waals surface area contributed by atoms with Crippen LogP contribution in [-0.2, 0) is 17.8 Å². The first-order valence-corrected chi connectivity index (χ1v) is 8.90. The first kappa shape index (κ1) is 17.2. The van der Waals surface area contributed by atoms with Gasteiger partial charge in [0.15, 0.2) is 0 Å². The van der Waals surface area contributed by atoms with Crippen molar-refractivity contribution in [2.75, 3.05) is 40.4 Å². The summed E-state index contributed by atoms with van der Waals surface area (Å²) in [5.41, 5.74) is 1.02. The number of methoxy groups -OCH3 is 1. The number of hydrogen-bond acceptors (Lipinski definition) is 4. The normalized spacial score (nSPS) is 24.7. The van der Waals surface area contributed by atoms with Crippen molar-refractivity contribution in [1.29, 1.82) is 0 Å². The van der Waals surface area contributed by atoms with Crippen LogP contribution in [0.25, 0.3) is 0 Å². The quantitative estimate of drug-likeness (QED) is 0.877. The lowest BCUT2D eigenvalue weighted by Gasteiger charge is -2.46. The van der Waals surface area contributed by atoms with Crippen molar-refractivity contribution in [3.05, 3.63) is 18.0 Å². The zero-order valence-electron chi connectivity index (χ0n) is 14.8. The zero-order chi connectivity index (χ0) is 16.9. The fraction of sp³-hybridized carbons (Fsp3) is 0.765. The van der Waals surface area contributed by atoms with Crippen LogP contribution in [0.1, 0.15) is 24.8 Å². The second kappa shape index (κ2) is 7.98. The molecule has 2 saturated heterocycles. The van der Waals surface area contributed by atoms with Crippen LogP contribution < -0.4 is 5.32 Å². The number of nitrogens with zero attached hydrogens (tertiary/aromatic N) is 4. The molecule has 0 radical (unpaired) electrons. The Morgan fingerprint density at radius 3 is 3.12 bits per heavy atom. The summed E-state index contributed by atoms with van der Waals surface area (Å²) in [6, 6.07) is 0.471. The molecule has 0 aliphatic carbocycles. The Morgan fingerprint density at radius 2 is 2.29 bits per heavy atom. The number of amides is 2. The van der Waals surface area contributed by atoms with Crippen LogP contribution in [0.2, 0.25) is 0 Å². The smallest absolute Gasteiger partial charge is 0.317 e. The van der Waals surface area contributed by atoms with Crippen molar-refractivity contribution in [1.82, 2.24) is 24.9 Å². The fourth-order valence-corrected chi connectivity index (χ4v) is 3.92. The van der Waals surface area contributed by atoms with E-state index in [1.807, 2.05) is 17.1 Å². The molecular weight excluding hydrogens is 306 g/mol. The summed E-state index contributed by atoms with van der Waals surface area (Å²) < 4.78 is 6.90. The lowest BCUT2D eigenvalue weighted by molar-refractivity contribution is 0.0532. The van der Waals surface area contributed by atoms with E-state index in [0.717, 1.165) is 44.6 Å². The molecule has 0 spiro atoms. The number of nitrogens with one attached hydrogen (secondary N) is 1. The van der Waals surface area contributed by atoms with Crippen LogP contribution in [0, 0.1) is 5.92 Å². The summed E-state index contributed by atoms with van der Waals surface area (Å²) in [6.45, 7) is 4.97. The minimum atomic E-state index is 0.0684. The number of carbonyl (C=O) groups excluding carboxylic acids is 1. The van der Waals surface area contributed by atoms with E-state index in [9.17, 15) is 4.79 Å². The standard InChI is InChI=1S/C17H29N5O2/c1-20-7-5-16-15(13-20)4-3-6-22(16)17(23)18-10-14-11-19-21(12-14)8-9-24-2/h11-12,15-16H,3-10,13H2,1-2H3,(H,18,23)/t15-,16-/m1/s1. The monoisotopic (exact) mass is 335 g/mol. The van der Waals surface area contributed by atoms with E-state index in [2.05, 4.69) is 27.3 Å². The molecule has 0 aromatic carbocycles. The SMILES string of the molecule is COCCn1cc(CNC(=O)N2CCC[C@@H]3CN(C)CC[C@H]32)cn1. The molecule has 0 saturated carbocycles. The van der Waals surface area contributed by atoms with Gasteiger partial charge in [0.05, 0.1) is 19.3 Å². The molecule has 1 aromatic heterocycles. The van der Waals surface area contributed by atoms with Crippen LogP contribution in [-0.4, -0.2) is 72.1 Å². The fourth-order valence-electron chi connectivity index (χ4n) is 3.92. The maximum absolute atomic E-state index is 12.6. The molecule has 1 aromatic rings. The predicted octanol–water partition coefficient (Wildman–Crippen LogP) is 1.16. The zero-order valence-corrected chi connectivity index (χ0v) is 14.8. The molecule has 3 heterocycles. The number of rotatable bonds is 5. The summed E-state index contributed by atoms with van der Waals surface area (Å²) in [7, 11) is 3.86. The van der Waals surface area contributed by atoms with Crippen LogP contribution >= 0.6 is 0 Å². The number of hydrogen-bond donors (Lipinski definition) is 1. The van der Waals surface area contributed by atoms with Gasteiger partial charge in [-0.15, -0.1) is 0 Å². The highest BCUT2D eigenvalue weighted by Gasteiger charge is 2.37. The molecule has 3 rings (SSSR count). The van der Waals surface area contributed by atoms with Gasteiger partial charge in [-0.25, -0.2) is 4.79 Å². The minimum Gasteiger partial charge on any atom is -0.383 e. The van der Waals surface area contributed by atoms with Crippen molar-refractivity contribution >= 4 is 6.03 Å². The number of piperidine rings is 2. The molecule has 7 heteroatoms. The van der Waals surface area contributed by atoms with Gasteiger partial charge in [0.2, 0.25) is 0 Å². The Bertz CT molecular complexity index is 547. The summed E-state index contributed by atoms with van der Waals surface area (Å²) in [4.78, 5) is 17.1. The number of carbonyl (C=O) groups is 1. The van der Waals surface area contributed by atoms with Gasteiger partial charge in [-0.2, -0.15) is 5.10 Å². The third-order valence-corrected chi connectivity index (χ3v) is 5.19. The second-order valence-corrected chi connectivity index (χ2v) is 6.98. The van der Waals surface area contributed by atoms with E-state index < -0.39 is 0 Å². The van der Waals surface area contributed by atoms with Crippen molar-refractivity contribution < 1.29 is 9.53 Å². The Kier molecular flexibility index (Phi) is 5.73. The van der Waals surface area contributed by atoms with Gasteiger partial charge >= 0.3 is 6.03 Å². The van der Waals surface area contributed by atoms with E-state index >= 15 is 0 Å². The molecule has 134 valence electrons. The van der Waals surface area contributed by atoms with Gasteiger partial charge in [-0.05, 0) is 38.8 Å². The third kappa shape index (κ3) is 4.08. The Labute approximate surface area is 143 Å². The van der Waals surface area contributed by atoms with E-state index in [0.29, 0.717) is 25.1 Å². The molecule has 7 nitrogen and oxygen atoms in total. The molecule has 2 aliphatic rings. The highest BCUT2D eigenvalue weighted by atomic mass is 16.5. The second-order valence-electron chi connectivity index (χ2n) is 6.98. The topological polar surface area (TPSA) is 62.6 Å². The maximum atomic E-state index is 12.6. The molecule has 2 atom stereocenters. The molecule has 2 amide bonds. The van der Waals surface area contributed by atoms with Gasteiger partial charge in [-0.3, -0.25) is 4.68 Å². The highest BCUT2D eigenvalue weighted by molar-refractivity contribution is 5.74. The molecule has 0 bridgehead atoms. The molecule has 2 aliphatic heterocycles. The lowest BCUT2D eigenvalue weighted by Crippen LogP contribution is -2.57. The van der Waals surface area contributed by atoms with Gasteiger partial charge in [0.1, 0.15) is 0 Å². The van der Waals surface area contributed by atoms with Gasteiger partial charge in [0, 0.05) is 44.5 Å². The van der Waals surface area contributed by atoms with E-state index in [-0.39, 0.29) is 6.03 Å². The van der Waals surface area contributed by atoms with Crippen LogP contribution in [0.3, 0.4) is 0 Å². The van der Waals surface area contributed by atoms with Gasteiger partial charge in [-0.1, -0.05) is 0 Å². The minimum absolute atomic E-state index is 0.0684. The lowest BCUT2D eigenvalue weighted by atomic mass is 9.84. The van der Waals surface area contributed by atoms with E-state index in [1.165, 1.54) is 6.42 Å². The molecule has 24 heavy (non-hydrogen) atoms. The summed E-state index contributed by atoms with van der Waals surface area (Å²) in [5, 5.41) is 7.36. The first-order chi connectivity index (χ1) is 11.7. The first-order valence-electron chi connectivity index (χ1n) is 8.90. The van der Waals surface area contributed by atoms with Crippen LogP contribution in [0.15, 0.2) is 12.4 Å². The van der Waals surface area contributed by atoms with Gasteiger partial charge in [0.25, 0.3) is 0 Å². The molecule has 1 N–H and O–H groups in total. The van der Waals surface area contributed by atoms with E-state index in [4.69, 9.17) is 4.74 Å². The van der Waals surface area contributed by atoms with E-state index in [1.54, 1.807) is 7.11 Å². The molecule has 2 fully saturated rings.